The van der Waals surface area contributed by atoms with Crippen molar-refractivity contribution in [2.75, 3.05) is 0 Å². The number of hydrogen-bond acceptors (Lipinski definition) is 2. The Morgan fingerprint density at radius 1 is 1.13 bits per heavy atom. The van der Waals surface area contributed by atoms with Crippen molar-refractivity contribution in [3.8, 4) is 0 Å². The Bertz CT molecular complexity index is 642. The third-order valence-electron chi connectivity index (χ3n) is 3.65. The molecule has 1 atom stereocenters. The van der Waals surface area contributed by atoms with Crippen LogP contribution in [0.2, 0.25) is 5.02 Å². The van der Waals surface area contributed by atoms with Crippen LogP contribution >= 0.6 is 24.0 Å². The third kappa shape index (κ3) is 4.96. The van der Waals surface area contributed by atoms with Crippen LogP contribution in [0, 0.1) is 5.92 Å². The van der Waals surface area contributed by atoms with Gasteiger partial charge in [-0.25, -0.2) is 0 Å². The van der Waals surface area contributed by atoms with Gasteiger partial charge in [-0.05, 0) is 35.2 Å². The number of halogens is 2. The molecule has 0 radical (unpaired) electrons. The van der Waals surface area contributed by atoms with Gasteiger partial charge >= 0.3 is 0 Å². The van der Waals surface area contributed by atoms with Gasteiger partial charge in [-0.15, -0.1) is 12.4 Å². The standard InChI is InChI=1S/C18H21ClN2O.ClH/c1-12(2)17(15-5-3-4-6-16(15)19)21-18(22)14-9-7-13(11-20)8-10-14;/h3-10,12,17H,11,20H2,1-2H3,(H,21,22);1H. The van der Waals surface area contributed by atoms with Crippen LogP contribution in [0.5, 0.6) is 0 Å². The third-order valence-corrected chi connectivity index (χ3v) is 3.99. The van der Waals surface area contributed by atoms with E-state index in [1.165, 1.54) is 0 Å². The van der Waals surface area contributed by atoms with Crippen molar-refractivity contribution in [1.82, 2.24) is 5.32 Å². The Hall–Kier alpha value is -1.55. The second-order valence-electron chi connectivity index (χ2n) is 5.62. The molecule has 1 unspecified atom stereocenters. The minimum Gasteiger partial charge on any atom is -0.345 e. The fraction of sp³-hybridized carbons (Fsp3) is 0.278. The maximum atomic E-state index is 12.5. The molecule has 0 aliphatic carbocycles. The number of carbonyl (C=O) groups excluding carboxylic acids is 1. The summed E-state index contributed by atoms with van der Waals surface area (Å²) in [4.78, 5) is 12.5. The zero-order valence-electron chi connectivity index (χ0n) is 13.3. The minimum atomic E-state index is -0.129. The first kappa shape index (κ1) is 19.5. The molecule has 2 aromatic rings. The molecule has 124 valence electrons. The van der Waals surface area contributed by atoms with E-state index >= 15 is 0 Å². The second kappa shape index (κ2) is 8.92. The number of hydrogen-bond donors (Lipinski definition) is 2. The Kier molecular flexibility index (Phi) is 7.56. The Morgan fingerprint density at radius 2 is 1.74 bits per heavy atom. The summed E-state index contributed by atoms with van der Waals surface area (Å²) in [5.74, 6) is 0.120. The van der Waals surface area contributed by atoms with E-state index in [0.29, 0.717) is 17.1 Å². The van der Waals surface area contributed by atoms with Crippen molar-refractivity contribution in [1.29, 1.82) is 0 Å². The van der Waals surface area contributed by atoms with E-state index in [9.17, 15) is 4.79 Å². The predicted molar refractivity (Wildman–Crippen MR) is 98.1 cm³/mol. The van der Waals surface area contributed by atoms with Gasteiger partial charge in [0.15, 0.2) is 0 Å². The molecule has 0 saturated heterocycles. The topological polar surface area (TPSA) is 55.1 Å². The molecule has 0 aromatic heterocycles. The van der Waals surface area contributed by atoms with Crippen molar-refractivity contribution in [3.05, 3.63) is 70.2 Å². The first-order valence-corrected chi connectivity index (χ1v) is 7.75. The van der Waals surface area contributed by atoms with E-state index in [4.69, 9.17) is 17.3 Å². The van der Waals surface area contributed by atoms with E-state index in [2.05, 4.69) is 19.2 Å². The molecule has 0 saturated carbocycles. The molecule has 0 heterocycles. The van der Waals surface area contributed by atoms with Gasteiger partial charge in [0.2, 0.25) is 0 Å². The normalized spacial score (nSPS) is 11.7. The minimum absolute atomic E-state index is 0. The van der Waals surface area contributed by atoms with Crippen LogP contribution in [0.25, 0.3) is 0 Å². The molecular weight excluding hydrogens is 331 g/mol. The van der Waals surface area contributed by atoms with Gasteiger partial charge in [-0.2, -0.15) is 0 Å². The van der Waals surface area contributed by atoms with Gasteiger partial charge < -0.3 is 11.1 Å². The average Bonchev–Trinajstić information content (AvgIpc) is 2.53. The van der Waals surface area contributed by atoms with E-state index < -0.39 is 0 Å². The highest BCUT2D eigenvalue weighted by atomic mass is 35.5. The first-order chi connectivity index (χ1) is 10.5. The quantitative estimate of drug-likeness (QED) is 0.840. The summed E-state index contributed by atoms with van der Waals surface area (Å²) in [6.07, 6.45) is 0. The Balaban J connectivity index is 0.00000264. The van der Waals surface area contributed by atoms with Gasteiger partial charge in [0.05, 0.1) is 6.04 Å². The van der Waals surface area contributed by atoms with Crippen molar-refractivity contribution in [2.24, 2.45) is 11.7 Å². The van der Waals surface area contributed by atoms with Crippen LogP contribution < -0.4 is 11.1 Å². The van der Waals surface area contributed by atoms with Gasteiger partial charge in [0.25, 0.3) is 5.91 Å². The second-order valence-corrected chi connectivity index (χ2v) is 6.02. The smallest absolute Gasteiger partial charge is 0.251 e. The summed E-state index contributed by atoms with van der Waals surface area (Å²) < 4.78 is 0. The molecule has 3 nitrogen and oxygen atoms in total. The average molecular weight is 353 g/mol. The number of amides is 1. The van der Waals surface area contributed by atoms with Gasteiger partial charge in [-0.1, -0.05) is 55.8 Å². The van der Waals surface area contributed by atoms with Gasteiger partial charge in [0, 0.05) is 17.1 Å². The van der Waals surface area contributed by atoms with Gasteiger partial charge in [-0.3, -0.25) is 4.79 Å². The zero-order chi connectivity index (χ0) is 16.1. The molecule has 2 rings (SSSR count). The molecule has 1 amide bonds. The summed E-state index contributed by atoms with van der Waals surface area (Å²) in [5, 5.41) is 3.74. The first-order valence-electron chi connectivity index (χ1n) is 7.37. The molecule has 23 heavy (non-hydrogen) atoms. The Labute approximate surface area is 148 Å². The Morgan fingerprint density at radius 3 is 2.26 bits per heavy atom. The molecule has 0 aliphatic rings. The SMILES string of the molecule is CC(C)C(NC(=O)c1ccc(CN)cc1)c1ccccc1Cl.Cl. The molecular formula is C18H22Cl2N2O. The lowest BCUT2D eigenvalue weighted by atomic mass is 9.95. The van der Waals surface area contributed by atoms with Crippen LogP contribution in [0.4, 0.5) is 0 Å². The van der Waals surface area contributed by atoms with Crippen LogP contribution in [0.3, 0.4) is 0 Å². The maximum absolute atomic E-state index is 12.5. The lowest BCUT2D eigenvalue weighted by Gasteiger charge is -2.24. The van der Waals surface area contributed by atoms with E-state index in [1.807, 2.05) is 36.4 Å². The molecule has 3 N–H and O–H groups in total. The number of benzene rings is 2. The zero-order valence-corrected chi connectivity index (χ0v) is 14.8. The van der Waals surface area contributed by atoms with E-state index in [1.54, 1.807) is 12.1 Å². The van der Waals surface area contributed by atoms with Crippen molar-refractivity contribution < 1.29 is 4.79 Å². The maximum Gasteiger partial charge on any atom is 0.251 e. The highest BCUT2D eigenvalue weighted by Gasteiger charge is 2.21. The largest absolute Gasteiger partial charge is 0.345 e. The van der Waals surface area contributed by atoms with Crippen LogP contribution in [0.15, 0.2) is 48.5 Å². The highest BCUT2D eigenvalue weighted by molar-refractivity contribution is 6.31. The van der Waals surface area contributed by atoms with Crippen molar-refractivity contribution in [2.45, 2.75) is 26.4 Å². The lowest BCUT2D eigenvalue weighted by molar-refractivity contribution is 0.0925. The fourth-order valence-electron chi connectivity index (χ4n) is 2.35. The van der Waals surface area contributed by atoms with Gasteiger partial charge in [0.1, 0.15) is 0 Å². The molecule has 5 heteroatoms. The molecule has 0 bridgehead atoms. The molecule has 0 aliphatic heterocycles. The van der Waals surface area contributed by atoms with Crippen molar-refractivity contribution >= 4 is 29.9 Å². The number of rotatable bonds is 5. The summed E-state index contributed by atoms with van der Waals surface area (Å²) >= 11 is 6.27. The summed E-state index contributed by atoms with van der Waals surface area (Å²) in [7, 11) is 0. The van der Waals surface area contributed by atoms with E-state index in [-0.39, 0.29) is 30.3 Å². The highest BCUT2D eigenvalue weighted by Crippen LogP contribution is 2.28. The number of nitrogens with two attached hydrogens (primary N) is 1. The summed E-state index contributed by atoms with van der Waals surface area (Å²) in [6, 6.07) is 14.8. The predicted octanol–water partition coefficient (Wildman–Crippen LogP) is 4.35. The summed E-state index contributed by atoms with van der Waals surface area (Å²) in [6.45, 7) is 4.59. The number of carbonyl (C=O) groups is 1. The van der Waals surface area contributed by atoms with Crippen molar-refractivity contribution in [3.63, 3.8) is 0 Å². The summed E-state index contributed by atoms with van der Waals surface area (Å²) in [5.41, 5.74) is 8.13. The van der Waals surface area contributed by atoms with E-state index in [0.717, 1.165) is 11.1 Å². The molecule has 2 aromatic carbocycles. The monoisotopic (exact) mass is 352 g/mol. The van der Waals surface area contributed by atoms with Crippen LogP contribution in [0.1, 0.15) is 41.4 Å². The van der Waals surface area contributed by atoms with Crippen LogP contribution in [-0.4, -0.2) is 5.91 Å². The number of nitrogens with one attached hydrogen (secondary N) is 1. The fourth-order valence-corrected chi connectivity index (χ4v) is 2.60. The lowest BCUT2D eigenvalue weighted by Crippen LogP contribution is -2.32. The van der Waals surface area contributed by atoms with Crippen LogP contribution in [-0.2, 0) is 6.54 Å². The molecule has 0 spiro atoms. The molecule has 0 fully saturated rings.